The third-order valence-electron chi connectivity index (χ3n) is 7.77. The second-order valence-corrected chi connectivity index (χ2v) is 9.99. The van der Waals surface area contributed by atoms with Crippen molar-refractivity contribution in [1.29, 1.82) is 5.41 Å². The molecule has 2 heterocycles. The molecule has 2 aromatic rings. The highest BCUT2D eigenvalue weighted by Crippen LogP contribution is 2.29. The summed E-state index contributed by atoms with van der Waals surface area (Å²) in [5.41, 5.74) is 3.87. The lowest BCUT2D eigenvalue weighted by atomic mass is 9.90. The maximum Gasteiger partial charge on any atom is 0.251 e. The van der Waals surface area contributed by atoms with Gasteiger partial charge in [0.2, 0.25) is 0 Å². The van der Waals surface area contributed by atoms with Crippen molar-refractivity contribution in [2.24, 2.45) is 0 Å². The zero-order valence-electron chi connectivity index (χ0n) is 19.7. The lowest BCUT2D eigenvalue weighted by Gasteiger charge is -2.16. The van der Waals surface area contributed by atoms with Crippen LogP contribution in [0.3, 0.4) is 0 Å². The molecule has 4 heteroatoms. The van der Waals surface area contributed by atoms with Gasteiger partial charge in [-0.15, -0.1) is 0 Å². The molecule has 2 fully saturated rings. The number of aromatic nitrogens is 1. The van der Waals surface area contributed by atoms with E-state index >= 15 is 0 Å². The van der Waals surface area contributed by atoms with E-state index in [1.165, 1.54) is 44.2 Å². The van der Waals surface area contributed by atoms with Crippen LogP contribution < -0.4 is 16.1 Å². The van der Waals surface area contributed by atoms with Crippen molar-refractivity contribution in [3.63, 3.8) is 0 Å². The molecule has 0 radical (unpaired) electrons. The molecule has 4 nitrogen and oxygen atoms in total. The summed E-state index contributed by atoms with van der Waals surface area (Å²) in [6.07, 6.45) is 15.4. The minimum atomic E-state index is 0.0801. The Labute approximate surface area is 196 Å². The van der Waals surface area contributed by atoms with Gasteiger partial charge in [0.15, 0.2) is 0 Å². The van der Waals surface area contributed by atoms with Crippen LogP contribution in [0, 0.1) is 5.41 Å². The van der Waals surface area contributed by atoms with E-state index in [0.29, 0.717) is 11.6 Å². The molecule has 1 atom stereocenters. The molecule has 1 aromatic carbocycles. The fraction of sp³-hybridized carbons (Fsp3) is 0.448. The van der Waals surface area contributed by atoms with Gasteiger partial charge >= 0.3 is 0 Å². The molecule has 1 aliphatic heterocycles. The van der Waals surface area contributed by atoms with Crippen molar-refractivity contribution in [3.05, 3.63) is 80.1 Å². The van der Waals surface area contributed by atoms with E-state index in [4.69, 9.17) is 5.41 Å². The molecule has 0 bridgehead atoms. The zero-order chi connectivity index (χ0) is 22.8. The normalized spacial score (nSPS) is 21.8. The molecular weight excluding hydrogens is 406 g/mol. The first kappa shape index (κ1) is 22.1. The predicted molar refractivity (Wildman–Crippen MR) is 136 cm³/mol. The summed E-state index contributed by atoms with van der Waals surface area (Å²) in [5.74, 6) is 0.615. The first-order valence-electron chi connectivity index (χ1n) is 12.6. The third-order valence-corrected chi connectivity index (χ3v) is 7.77. The molecule has 2 aliphatic carbocycles. The van der Waals surface area contributed by atoms with E-state index in [1.54, 1.807) is 6.07 Å². The largest absolute Gasteiger partial charge is 0.306 e. The lowest BCUT2D eigenvalue weighted by Crippen LogP contribution is -2.44. The fourth-order valence-corrected chi connectivity index (χ4v) is 5.80. The maximum absolute atomic E-state index is 12.8. The first-order valence-corrected chi connectivity index (χ1v) is 12.6. The van der Waals surface area contributed by atoms with Crippen molar-refractivity contribution in [3.8, 4) is 0 Å². The van der Waals surface area contributed by atoms with Crippen LogP contribution in [0.25, 0.3) is 12.2 Å². The van der Waals surface area contributed by atoms with Gasteiger partial charge in [0, 0.05) is 17.7 Å². The van der Waals surface area contributed by atoms with Crippen molar-refractivity contribution in [2.75, 3.05) is 20.1 Å². The number of allylic oxidation sites excluding steroid dienone is 2. The summed E-state index contributed by atoms with van der Waals surface area (Å²) in [4.78, 5) is 15.3. The number of rotatable bonds is 4. The van der Waals surface area contributed by atoms with Crippen molar-refractivity contribution in [1.82, 2.24) is 9.47 Å². The summed E-state index contributed by atoms with van der Waals surface area (Å²) in [5, 5.41) is 11.0. The zero-order valence-corrected chi connectivity index (χ0v) is 19.7. The minimum absolute atomic E-state index is 0.0801. The van der Waals surface area contributed by atoms with Crippen LogP contribution in [0.1, 0.15) is 74.5 Å². The Morgan fingerprint density at radius 2 is 1.70 bits per heavy atom. The smallest absolute Gasteiger partial charge is 0.251 e. The number of pyridine rings is 1. The molecule has 0 spiro atoms. The highest BCUT2D eigenvalue weighted by atomic mass is 16.1. The van der Waals surface area contributed by atoms with Crippen molar-refractivity contribution >= 4 is 17.9 Å². The number of nitrogens with one attached hydrogen (secondary N) is 1. The highest BCUT2D eigenvalue weighted by Gasteiger charge is 2.20. The monoisotopic (exact) mass is 441 g/mol. The van der Waals surface area contributed by atoms with Gasteiger partial charge in [-0.3, -0.25) is 10.2 Å². The van der Waals surface area contributed by atoms with Gasteiger partial charge in [0.25, 0.3) is 5.56 Å². The average molecular weight is 442 g/mol. The van der Waals surface area contributed by atoms with Gasteiger partial charge in [-0.2, -0.15) is 0 Å². The molecule has 1 aromatic heterocycles. The Morgan fingerprint density at radius 1 is 0.909 bits per heavy atom. The van der Waals surface area contributed by atoms with Crippen LogP contribution in [0.4, 0.5) is 0 Å². The number of benzene rings is 1. The van der Waals surface area contributed by atoms with E-state index in [-0.39, 0.29) is 11.6 Å². The summed E-state index contributed by atoms with van der Waals surface area (Å²) in [6, 6.07) is 12.6. The van der Waals surface area contributed by atoms with Gasteiger partial charge in [-0.25, -0.2) is 0 Å². The summed E-state index contributed by atoms with van der Waals surface area (Å²) < 4.78 is 2.00. The van der Waals surface area contributed by atoms with Gasteiger partial charge in [0.05, 0.1) is 11.1 Å². The van der Waals surface area contributed by atoms with E-state index in [1.807, 2.05) is 10.6 Å². The van der Waals surface area contributed by atoms with E-state index < -0.39 is 0 Å². The summed E-state index contributed by atoms with van der Waals surface area (Å²) in [7, 11) is 2.21. The van der Waals surface area contributed by atoms with E-state index in [0.717, 1.165) is 47.5 Å². The number of hydrogen-bond donors (Lipinski definition) is 1. The molecule has 0 amide bonds. The second-order valence-electron chi connectivity index (χ2n) is 9.99. The molecule has 1 saturated heterocycles. The van der Waals surface area contributed by atoms with Gasteiger partial charge < -0.3 is 9.47 Å². The maximum atomic E-state index is 12.8. The lowest BCUT2D eigenvalue weighted by molar-refractivity contribution is 0.347. The van der Waals surface area contributed by atoms with Crippen molar-refractivity contribution < 1.29 is 0 Å². The Morgan fingerprint density at radius 3 is 2.48 bits per heavy atom. The molecule has 5 rings (SSSR count). The molecule has 1 N–H and O–H groups in total. The average Bonchev–Trinajstić information content (AvgIpc) is 3.15. The van der Waals surface area contributed by atoms with Gasteiger partial charge in [-0.05, 0) is 93.1 Å². The van der Waals surface area contributed by atoms with Crippen LogP contribution in [-0.2, 0) is 0 Å². The van der Waals surface area contributed by atoms with Crippen LogP contribution in [0.2, 0.25) is 0 Å². The summed E-state index contributed by atoms with van der Waals surface area (Å²) in [6.45, 7) is 2.34. The Balaban J connectivity index is 1.44. The van der Waals surface area contributed by atoms with Crippen LogP contribution in [0.5, 0.6) is 0 Å². The fourth-order valence-electron chi connectivity index (χ4n) is 5.80. The predicted octanol–water partition coefficient (Wildman–Crippen LogP) is 4.12. The SMILES string of the molecule is CN1CCCC(c2ccc(C(=N)C3=CCC=c4ccc(=O)n(C5CCCC5)c4=C3)cc2)CC1. The Hall–Kier alpha value is -2.72. The second kappa shape index (κ2) is 9.64. The molecule has 1 saturated carbocycles. The molecule has 33 heavy (non-hydrogen) atoms. The van der Waals surface area contributed by atoms with Crippen LogP contribution in [0.15, 0.2) is 52.8 Å². The minimum Gasteiger partial charge on any atom is -0.306 e. The Kier molecular flexibility index (Phi) is 6.45. The standard InChI is InChI=1S/C29H35N3O/c1-31-18-5-8-21(17-19-31)22-11-13-24(14-12-22)29(30)25-7-4-6-23-15-16-28(33)32(27(23)20-25)26-9-2-3-10-26/h6-7,11-16,20-21,26,30H,2-5,8-10,17-19H2,1H3. The van der Waals surface area contributed by atoms with Gasteiger partial charge in [-0.1, -0.05) is 49.3 Å². The third kappa shape index (κ3) is 4.67. The topological polar surface area (TPSA) is 49.1 Å². The van der Waals surface area contributed by atoms with Crippen molar-refractivity contribution in [2.45, 2.75) is 63.3 Å². The number of hydrogen-bond acceptors (Lipinski definition) is 3. The van der Waals surface area contributed by atoms with E-state index in [2.05, 4.69) is 54.4 Å². The molecular formula is C29H35N3O. The molecule has 3 aliphatic rings. The quantitative estimate of drug-likeness (QED) is 0.726. The first-order chi connectivity index (χ1) is 16.1. The summed E-state index contributed by atoms with van der Waals surface area (Å²) >= 11 is 0. The number of likely N-dealkylation sites (tertiary alicyclic amines) is 1. The number of nitrogens with zero attached hydrogens (tertiary/aromatic N) is 2. The van der Waals surface area contributed by atoms with Crippen LogP contribution >= 0.6 is 0 Å². The number of fused-ring (bicyclic) bond motifs is 1. The van der Waals surface area contributed by atoms with Gasteiger partial charge in [0.1, 0.15) is 0 Å². The molecule has 172 valence electrons. The van der Waals surface area contributed by atoms with Crippen LogP contribution in [-0.4, -0.2) is 35.3 Å². The van der Waals surface area contributed by atoms with E-state index in [9.17, 15) is 4.79 Å². The Bertz CT molecular complexity index is 1230. The molecule has 1 unspecified atom stereocenters. The highest BCUT2D eigenvalue weighted by molar-refractivity contribution is 6.15.